The van der Waals surface area contributed by atoms with Crippen LogP contribution in [0.5, 0.6) is 5.75 Å². The maximum Gasteiger partial charge on any atom is 0.254 e. The van der Waals surface area contributed by atoms with E-state index in [9.17, 15) is 9.90 Å². The monoisotopic (exact) mass is 335 g/mol. The van der Waals surface area contributed by atoms with Gasteiger partial charge in [0.2, 0.25) is 0 Å². The fourth-order valence-electron chi connectivity index (χ4n) is 2.29. The van der Waals surface area contributed by atoms with E-state index in [1.54, 1.807) is 25.3 Å². The van der Waals surface area contributed by atoms with Gasteiger partial charge in [-0.05, 0) is 35.9 Å². The van der Waals surface area contributed by atoms with Crippen molar-refractivity contribution in [3.8, 4) is 5.75 Å². The summed E-state index contributed by atoms with van der Waals surface area (Å²) in [5, 5.41) is 13.2. The summed E-state index contributed by atoms with van der Waals surface area (Å²) in [6.07, 6.45) is -1.15. The van der Waals surface area contributed by atoms with E-state index in [-0.39, 0.29) is 0 Å². The third-order valence-electron chi connectivity index (χ3n) is 3.46. The fourth-order valence-corrected chi connectivity index (χ4v) is 3.78. The van der Waals surface area contributed by atoms with Crippen molar-refractivity contribution < 1.29 is 14.6 Å². The van der Waals surface area contributed by atoms with Crippen LogP contribution in [-0.2, 0) is 4.79 Å². The molecule has 1 aliphatic rings. The van der Waals surface area contributed by atoms with E-state index in [0.717, 1.165) is 16.2 Å². The van der Waals surface area contributed by atoms with Crippen LogP contribution in [0.2, 0.25) is 5.02 Å². The molecule has 3 rings (SSSR count). The van der Waals surface area contributed by atoms with E-state index < -0.39 is 17.3 Å². The number of hydrogen-bond donors (Lipinski definition) is 2. The Morgan fingerprint density at radius 1 is 1.23 bits per heavy atom. The minimum Gasteiger partial charge on any atom is -0.497 e. The van der Waals surface area contributed by atoms with Crippen LogP contribution in [0.25, 0.3) is 0 Å². The second kappa shape index (κ2) is 6.20. The van der Waals surface area contributed by atoms with Gasteiger partial charge in [0.25, 0.3) is 5.91 Å². The molecule has 0 fully saturated rings. The number of nitrogens with one attached hydrogen (secondary N) is 1. The third-order valence-corrected chi connectivity index (χ3v) is 5.07. The summed E-state index contributed by atoms with van der Waals surface area (Å²) in [5.41, 5.74) is 1.51. The van der Waals surface area contributed by atoms with Crippen molar-refractivity contribution in [2.45, 2.75) is 16.2 Å². The van der Waals surface area contributed by atoms with Crippen LogP contribution in [0.15, 0.2) is 47.4 Å². The van der Waals surface area contributed by atoms with Crippen LogP contribution in [0.1, 0.15) is 10.8 Å². The smallest absolute Gasteiger partial charge is 0.254 e. The molecular formula is C16H14ClNO3S. The molecule has 22 heavy (non-hydrogen) atoms. The van der Waals surface area contributed by atoms with E-state index in [1.165, 1.54) is 11.8 Å². The van der Waals surface area contributed by atoms with Gasteiger partial charge >= 0.3 is 0 Å². The first-order valence-electron chi connectivity index (χ1n) is 6.67. The second-order valence-electron chi connectivity index (χ2n) is 4.89. The standard InChI is InChI=1S/C16H14ClNO3S/c1-21-11-5-2-9(3-6-11)15-14(19)16(20)18-12-7-4-10(17)8-13(12)22-15/h2-8,14-15,19H,1H3,(H,18,20)/t14-,15-/m0/s1. The predicted octanol–water partition coefficient (Wildman–Crippen LogP) is 3.50. The lowest BCUT2D eigenvalue weighted by atomic mass is 10.1. The Kier molecular flexibility index (Phi) is 4.29. The number of amides is 1. The van der Waals surface area contributed by atoms with E-state index in [1.807, 2.05) is 24.3 Å². The molecule has 0 unspecified atom stereocenters. The molecule has 2 N–H and O–H groups in total. The van der Waals surface area contributed by atoms with Crippen molar-refractivity contribution >= 4 is 35.0 Å². The maximum atomic E-state index is 12.1. The summed E-state index contributed by atoms with van der Waals surface area (Å²) >= 11 is 7.44. The first kappa shape index (κ1) is 15.2. The average Bonchev–Trinajstić information content (AvgIpc) is 2.65. The van der Waals surface area contributed by atoms with Crippen molar-refractivity contribution in [1.82, 2.24) is 0 Å². The summed E-state index contributed by atoms with van der Waals surface area (Å²) in [4.78, 5) is 13.0. The highest BCUT2D eigenvalue weighted by Gasteiger charge is 2.32. The van der Waals surface area contributed by atoms with Crippen LogP contribution in [-0.4, -0.2) is 24.2 Å². The predicted molar refractivity (Wildman–Crippen MR) is 87.7 cm³/mol. The van der Waals surface area contributed by atoms with Crippen molar-refractivity contribution in [3.05, 3.63) is 53.1 Å². The second-order valence-corrected chi connectivity index (χ2v) is 6.51. The highest BCUT2D eigenvalue weighted by molar-refractivity contribution is 7.99. The number of hydrogen-bond acceptors (Lipinski definition) is 4. The number of carbonyl (C=O) groups excluding carboxylic acids is 1. The molecule has 6 heteroatoms. The zero-order chi connectivity index (χ0) is 15.7. The van der Waals surface area contributed by atoms with E-state index in [0.29, 0.717) is 10.7 Å². The Hall–Kier alpha value is -1.69. The summed E-state index contributed by atoms with van der Waals surface area (Å²) in [6.45, 7) is 0. The zero-order valence-corrected chi connectivity index (χ0v) is 13.3. The Bertz CT molecular complexity index is 705. The first-order chi connectivity index (χ1) is 10.6. The number of benzene rings is 2. The topological polar surface area (TPSA) is 58.6 Å². The molecule has 4 nitrogen and oxygen atoms in total. The van der Waals surface area contributed by atoms with Gasteiger partial charge in [0.1, 0.15) is 11.9 Å². The van der Waals surface area contributed by atoms with Gasteiger partial charge in [0, 0.05) is 9.92 Å². The number of anilines is 1. The number of methoxy groups -OCH3 is 1. The van der Waals surface area contributed by atoms with Gasteiger partial charge in [-0.1, -0.05) is 23.7 Å². The number of rotatable bonds is 2. The largest absolute Gasteiger partial charge is 0.497 e. The summed E-state index contributed by atoms with van der Waals surface area (Å²) < 4.78 is 5.14. The zero-order valence-electron chi connectivity index (χ0n) is 11.7. The molecule has 1 heterocycles. The van der Waals surface area contributed by atoms with Crippen molar-refractivity contribution in [2.24, 2.45) is 0 Å². The summed E-state index contributed by atoms with van der Waals surface area (Å²) in [7, 11) is 1.59. The lowest BCUT2D eigenvalue weighted by Crippen LogP contribution is -2.30. The van der Waals surface area contributed by atoms with Gasteiger partial charge in [-0.15, -0.1) is 11.8 Å². The van der Waals surface area contributed by atoms with Crippen molar-refractivity contribution in [3.63, 3.8) is 0 Å². The normalized spacial score (nSPS) is 20.8. The number of ether oxygens (including phenoxy) is 1. The highest BCUT2D eigenvalue weighted by Crippen LogP contribution is 2.44. The Morgan fingerprint density at radius 3 is 2.64 bits per heavy atom. The van der Waals surface area contributed by atoms with Crippen LogP contribution >= 0.6 is 23.4 Å². The number of aliphatic hydroxyl groups is 1. The molecule has 2 aromatic carbocycles. The molecule has 0 aliphatic carbocycles. The fraction of sp³-hybridized carbons (Fsp3) is 0.188. The molecule has 0 saturated heterocycles. The number of halogens is 1. The Balaban J connectivity index is 2.00. The van der Waals surface area contributed by atoms with Crippen LogP contribution in [0, 0.1) is 0 Å². The van der Waals surface area contributed by atoms with Gasteiger partial charge < -0.3 is 15.2 Å². The Morgan fingerprint density at radius 2 is 1.95 bits per heavy atom. The van der Waals surface area contributed by atoms with Gasteiger partial charge in [-0.2, -0.15) is 0 Å². The minimum atomic E-state index is -1.15. The lowest BCUT2D eigenvalue weighted by molar-refractivity contribution is -0.124. The van der Waals surface area contributed by atoms with Crippen LogP contribution in [0.3, 0.4) is 0 Å². The maximum absolute atomic E-state index is 12.1. The molecule has 0 spiro atoms. The first-order valence-corrected chi connectivity index (χ1v) is 7.93. The molecule has 0 saturated carbocycles. The van der Waals surface area contributed by atoms with Gasteiger partial charge in [0.05, 0.1) is 18.0 Å². The van der Waals surface area contributed by atoms with Crippen LogP contribution in [0.4, 0.5) is 5.69 Å². The van der Waals surface area contributed by atoms with E-state index >= 15 is 0 Å². The van der Waals surface area contributed by atoms with Gasteiger partial charge in [-0.3, -0.25) is 4.79 Å². The van der Waals surface area contributed by atoms with Gasteiger partial charge in [-0.25, -0.2) is 0 Å². The van der Waals surface area contributed by atoms with Gasteiger partial charge in [0.15, 0.2) is 0 Å². The molecule has 2 atom stereocenters. The Labute approximate surface area is 137 Å². The van der Waals surface area contributed by atoms with E-state index in [2.05, 4.69) is 5.32 Å². The number of carbonyl (C=O) groups is 1. The average molecular weight is 336 g/mol. The number of aliphatic hydroxyl groups excluding tert-OH is 1. The molecule has 0 bridgehead atoms. The number of thioether (sulfide) groups is 1. The minimum absolute atomic E-state index is 0.411. The third kappa shape index (κ3) is 2.92. The quantitative estimate of drug-likeness (QED) is 0.882. The molecule has 114 valence electrons. The molecular weight excluding hydrogens is 322 g/mol. The van der Waals surface area contributed by atoms with Crippen molar-refractivity contribution in [2.75, 3.05) is 12.4 Å². The van der Waals surface area contributed by atoms with E-state index in [4.69, 9.17) is 16.3 Å². The molecule has 1 amide bonds. The number of fused-ring (bicyclic) bond motifs is 1. The summed E-state index contributed by atoms with van der Waals surface area (Å²) in [5.74, 6) is 0.305. The lowest BCUT2D eigenvalue weighted by Gasteiger charge is -2.19. The molecule has 0 radical (unpaired) electrons. The molecule has 1 aliphatic heterocycles. The van der Waals surface area contributed by atoms with Crippen molar-refractivity contribution in [1.29, 1.82) is 0 Å². The highest BCUT2D eigenvalue weighted by atomic mass is 35.5. The van der Waals surface area contributed by atoms with Crippen LogP contribution < -0.4 is 10.1 Å². The summed E-state index contributed by atoms with van der Waals surface area (Å²) in [6, 6.07) is 12.6. The SMILES string of the molecule is COc1ccc([C@@H]2Sc3cc(Cl)ccc3NC(=O)[C@H]2O)cc1. The molecule has 2 aromatic rings. The molecule has 0 aromatic heterocycles.